The summed E-state index contributed by atoms with van der Waals surface area (Å²) in [5.41, 5.74) is 0.190. The van der Waals surface area contributed by atoms with Gasteiger partial charge in [0.25, 0.3) is 0 Å². The number of cyclic esters (lactones) is 2. The second-order valence-corrected chi connectivity index (χ2v) is 3.88. The number of ether oxygens (including phenoxy) is 2. The van der Waals surface area contributed by atoms with E-state index in [0.717, 1.165) is 4.68 Å². The van der Waals surface area contributed by atoms with Crippen molar-refractivity contribution in [2.24, 2.45) is 0 Å². The summed E-state index contributed by atoms with van der Waals surface area (Å²) in [5, 5.41) is 7.32. The molecule has 20 heavy (non-hydrogen) atoms. The van der Waals surface area contributed by atoms with Crippen LogP contribution < -0.4 is 0 Å². The van der Waals surface area contributed by atoms with Gasteiger partial charge in [0.1, 0.15) is 0 Å². The minimum atomic E-state index is -0.855. The van der Waals surface area contributed by atoms with Crippen LogP contribution in [0.1, 0.15) is 31.3 Å². The molecule has 0 amide bonds. The highest BCUT2D eigenvalue weighted by Crippen LogP contribution is 2.23. The van der Waals surface area contributed by atoms with Crippen LogP contribution in [0.5, 0.6) is 0 Å². The van der Waals surface area contributed by atoms with E-state index in [9.17, 15) is 14.4 Å². The molecular weight excluding hydrogens is 266 g/mol. The summed E-state index contributed by atoms with van der Waals surface area (Å²) >= 11 is 0. The highest BCUT2D eigenvalue weighted by Gasteiger charge is 2.37. The molecule has 0 saturated carbocycles. The molecule has 0 saturated heterocycles. The Bertz CT molecular complexity index is 749. The van der Waals surface area contributed by atoms with Crippen LogP contribution in [0.4, 0.5) is 0 Å². The Hall–Kier alpha value is -3.03. The third-order valence-corrected chi connectivity index (χ3v) is 2.78. The summed E-state index contributed by atoms with van der Waals surface area (Å²) in [6.45, 7) is 0. The molecule has 0 radical (unpaired) electrons. The van der Waals surface area contributed by atoms with E-state index < -0.39 is 17.9 Å². The van der Waals surface area contributed by atoms with Crippen LogP contribution in [0, 0.1) is 0 Å². The smallest absolute Gasteiger partial charge is 0.369 e. The Balaban J connectivity index is 2.22. The first-order valence-electron chi connectivity index (χ1n) is 5.53. The van der Waals surface area contributed by atoms with Crippen LogP contribution in [0.2, 0.25) is 0 Å². The Morgan fingerprint density at radius 2 is 2.00 bits per heavy atom. The fourth-order valence-electron chi connectivity index (χ4n) is 1.89. The molecule has 8 heteroatoms. The van der Waals surface area contributed by atoms with Gasteiger partial charge in [-0.25, -0.2) is 19.1 Å². The number of aromatic nitrogens is 3. The average molecular weight is 273 g/mol. The summed E-state index contributed by atoms with van der Waals surface area (Å²) in [4.78, 5) is 34.7. The molecule has 0 atom stereocenters. The van der Waals surface area contributed by atoms with Crippen molar-refractivity contribution in [2.45, 2.75) is 0 Å². The van der Waals surface area contributed by atoms with Gasteiger partial charge >= 0.3 is 17.9 Å². The monoisotopic (exact) mass is 273 g/mol. The molecule has 1 aromatic carbocycles. The zero-order chi connectivity index (χ0) is 14.3. The van der Waals surface area contributed by atoms with Crippen LogP contribution in [-0.4, -0.2) is 40.0 Å². The summed E-state index contributed by atoms with van der Waals surface area (Å²) < 4.78 is 10.2. The number of rotatable bonds is 2. The first-order chi connectivity index (χ1) is 9.63. The number of methoxy groups -OCH3 is 1. The lowest BCUT2D eigenvalue weighted by atomic mass is 10.1. The largest absolute Gasteiger partial charge is 0.465 e. The molecule has 0 bridgehead atoms. The number of carbonyl (C=O) groups excluding carboxylic acids is 3. The summed E-state index contributed by atoms with van der Waals surface area (Å²) in [5.74, 6) is -2.30. The molecule has 0 aliphatic carbocycles. The van der Waals surface area contributed by atoms with Gasteiger partial charge < -0.3 is 9.47 Å². The normalized spacial score (nSPS) is 13.1. The topological polar surface area (TPSA) is 100 Å². The number of benzene rings is 1. The number of esters is 3. The van der Waals surface area contributed by atoms with E-state index in [1.54, 1.807) is 18.2 Å². The second-order valence-electron chi connectivity index (χ2n) is 3.88. The third-order valence-electron chi connectivity index (χ3n) is 2.78. The molecule has 1 aromatic heterocycles. The number of hydrogen-bond donors (Lipinski definition) is 0. The van der Waals surface area contributed by atoms with Crippen LogP contribution in [-0.2, 0) is 9.47 Å². The van der Waals surface area contributed by atoms with Gasteiger partial charge in [-0.05, 0) is 12.1 Å². The lowest BCUT2D eigenvalue weighted by molar-refractivity contribution is 0.0432. The zero-order valence-electron chi connectivity index (χ0n) is 10.2. The standard InChI is InChI=1S/C12H7N3O5/c1-19-10(16)6-4-2-3-5-7(6)15-9-8(13-14-15)11(17)20-12(9)18/h2-5H,1H3. The lowest BCUT2D eigenvalue weighted by Crippen LogP contribution is -2.13. The van der Waals surface area contributed by atoms with Crippen LogP contribution in [0.25, 0.3) is 5.69 Å². The van der Waals surface area contributed by atoms with Gasteiger partial charge in [-0.2, -0.15) is 0 Å². The van der Waals surface area contributed by atoms with Crippen molar-refractivity contribution < 1.29 is 23.9 Å². The maximum Gasteiger partial charge on any atom is 0.369 e. The Kier molecular flexibility index (Phi) is 2.56. The lowest BCUT2D eigenvalue weighted by Gasteiger charge is -2.07. The molecule has 100 valence electrons. The minimum Gasteiger partial charge on any atom is -0.465 e. The number of para-hydroxylation sites is 1. The highest BCUT2D eigenvalue weighted by atomic mass is 16.6. The van der Waals surface area contributed by atoms with E-state index in [1.807, 2.05) is 0 Å². The van der Waals surface area contributed by atoms with Gasteiger partial charge in [-0.3, -0.25) is 0 Å². The molecule has 0 N–H and O–H groups in total. The van der Waals surface area contributed by atoms with E-state index in [2.05, 4.69) is 19.8 Å². The molecule has 3 rings (SSSR count). The number of fused-ring (bicyclic) bond motifs is 1. The first-order valence-corrected chi connectivity index (χ1v) is 5.53. The van der Waals surface area contributed by atoms with Crippen molar-refractivity contribution in [3.63, 3.8) is 0 Å². The van der Waals surface area contributed by atoms with Crippen LogP contribution in [0.15, 0.2) is 24.3 Å². The molecule has 1 aliphatic rings. The first kappa shape index (κ1) is 12.0. The maximum absolute atomic E-state index is 11.7. The number of carbonyl (C=O) groups is 3. The van der Waals surface area contributed by atoms with Crippen molar-refractivity contribution in [3.8, 4) is 5.69 Å². The molecule has 2 aromatic rings. The Labute approximate surface area is 111 Å². The fourth-order valence-corrected chi connectivity index (χ4v) is 1.89. The SMILES string of the molecule is COC(=O)c1ccccc1-n1nnc2c1C(=O)OC2=O. The van der Waals surface area contributed by atoms with Crippen molar-refractivity contribution in [3.05, 3.63) is 41.2 Å². The average Bonchev–Trinajstić information content (AvgIpc) is 3.01. The quantitative estimate of drug-likeness (QED) is 0.575. The van der Waals surface area contributed by atoms with Gasteiger partial charge in [0.05, 0.1) is 18.4 Å². The Morgan fingerprint density at radius 3 is 2.75 bits per heavy atom. The molecule has 2 heterocycles. The van der Waals surface area contributed by atoms with Gasteiger partial charge in [-0.15, -0.1) is 5.10 Å². The van der Waals surface area contributed by atoms with E-state index in [4.69, 9.17) is 0 Å². The second kappa shape index (κ2) is 4.26. The highest BCUT2D eigenvalue weighted by molar-refractivity contribution is 6.12. The van der Waals surface area contributed by atoms with Gasteiger partial charge in [-0.1, -0.05) is 17.3 Å². The zero-order valence-corrected chi connectivity index (χ0v) is 10.2. The van der Waals surface area contributed by atoms with Crippen LogP contribution >= 0.6 is 0 Å². The summed E-state index contributed by atoms with van der Waals surface area (Å²) in [6, 6.07) is 6.35. The van der Waals surface area contributed by atoms with Gasteiger partial charge in [0.2, 0.25) is 5.69 Å². The number of hydrogen-bond acceptors (Lipinski definition) is 7. The van der Waals surface area contributed by atoms with Crippen LogP contribution in [0.3, 0.4) is 0 Å². The maximum atomic E-state index is 11.7. The predicted octanol–water partition coefficient (Wildman–Crippen LogP) is 0.364. The van der Waals surface area contributed by atoms with Crippen molar-refractivity contribution in [2.75, 3.05) is 7.11 Å². The summed E-state index contributed by atoms with van der Waals surface area (Å²) in [6.07, 6.45) is 0. The molecule has 1 aliphatic heterocycles. The van der Waals surface area contributed by atoms with E-state index in [1.165, 1.54) is 13.2 Å². The van der Waals surface area contributed by atoms with Gasteiger partial charge in [0.15, 0.2) is 5.69 Å². The van der Waals surface area contributed by atoms with E-state index in [-0.39, 0.29) is 22.6 Å². The summed E-state index contributed by atoms with van der Waals surface area (Å²) in [7, 11) is 1.24. The Morgan fingerprint density at radius 1 is 1.25 bits per heavy atom. The van der Waals surface area contributed by atoms with E-state index in [0.29, 0.717) is 0 Å². The van der Waals surface area contributed by atoms with Crippen molar-refractivity contribution in [1.29, 1.82) is 0 Å². The fraction of sp³-hybridized carbons (Fsp3) is 0.0833. The molecule has 0 spiro atoms. The molecule has 0 fully saturated rings. The predicted molar refractivity (Wildman–Crippen MR) is 62.4 cm³/mol. The molecular formula is C12H7N3O5. The van der Waals surface area contributed by atoms with Crippen molar-refractivity contribution in [1.82, 2.24) is 15.0 Å². The van der Waals surface area contributed by atoms with Gasteiger partial charge in [0, 0.05) is 0 Å². The molecule has 8 nitrogen and oxygen atoms in total. The minimum absolute atomic E-state index is 0.105. The van der Waals surface area contributed by atoms with E-state index >= 15 is 0 Å². The van der Waals surface area contributed by atoms with Crippen molar-refractivity contribution >= 4 is 17.9 Å². The third kappa shape index (κ3) is 1.58. The molecule has 0 unspecified atom stereocenters. The number of nitrogens with zero attached hydrogens (tertiary/aromatic N) is 3.